The number of nitrogens with zero attached hydrogens (tertiary/aromatic N) is 3. The topological polar surface area (TPSA) is 53.5 Å². The summed E-state index contributed by atoms with van der Waals surface area (Å²) in [6, 6.07) is 1.95. The molecule has 5 nitrogen and oxygen atoms in total. The Hall–Kier alpha value is -1.98. The first-order valence-electron chi connectivity index (χ1n) is 8.34. The number of pyridine rings is 1. The van der Waals surface area contributed by atoms with Gasteiger partial charge < -0.3 is 9.80 Å². The lowest BCUT2D eigenvalue weighted by Gasteiger charge is -2.47. The summed E-state index contributed by atoms with van der Waals surface area (Å²) in [6.45, 7) is 1.27. The van der Waals surface area contributed by atoms with E-state index >= 15 is 0 Å². The van der Waals surface area contributed by atoms with Crippen molar-refractivity contribution < 1.29 is 14.0 Å². The SMILES string of the molecule is O=C(c1cncc(F)c1)N1CCC2C(CCC(=O)N2C2CC2)C1. The molecular weight excluding hydrogens is 297 g/mol. The summed E-state index contributed by atoms with van der Waals surface area (Å²) >= 11 is 0. The van der Waals surface area contributed by atoms with E-state index in [2.05, 4.69) is 9.88 Å². The molecule has 1 saturated carbocycles. The minimum Gasteiger partial charge on any atom is -0.338 e. The minimum absolute atomic E-state index is 0.162. The van der Waals surface area contributed by atoms with Crippen LogP contribution in [0.2, 0.25) is 0 Å². The van der Waals surface area contributed by atoms with Gasteiger partial charge in [0.05, 0.1) is 11.8 Å². The first-order valence-corrected chi connectivity index (χ1v) is 8.34. The maximum absolute atomic E-state index is 13.3. The molecule has 0 N–H and O–H groups in total. The fourth-order valence-electron chi connectivity index (χ4n) is 4.02. The monoisotopic (exact) mass is 317 g/mol. The van der Waals surface area contributed by atoms with Gasteiger partial charge in [0, 0.05) is 37.8 Å². The molecule has 0 bridgehead atoms. The van der Waals surface area contributed by atoms with Crippen LogP contribution in [0.3, 0.4) is 0 Å². The number of amides is 2. The first kappa shape index (κ1) is 14.6. The molecule has 2 amide bonds. The van der Waals surface area contributed by atoms with Crippen LogP contribution in [-0.4, -0.2) is 51.8 Å². The molecule has 0 spiro atoms. The molecule has 1 aromatic rings. The maximum Gasteiger partial charge on any atom is 0.255 e. The highest BCUT2D eigenvalue weighted by atomic mass is 19.1. The van der Waals surface area contributed by atoms with Crippen LogP contribution in [0, 0.1) is 11.7 Å². The third-order valence-corrected chi connectivity index (χ3v) is 5.25. The number of likely N-dealkylation sites (tertiary alicyclic amines) is 2. The zero-order chi connectivity index (χ0) is 16.0. The number of carbonyl (C=O) groups is 2. The number of piperidine rings is 2. The summed E-state index contributed by atoms with van der Waals surface area (Å²) in [6.07, 6.45) is 7.00. The third kappa shape index (κ3) is 2.71. The number of rotatable bonds is 2. The molecule has 2 saturated heterocycles. The van der Waals surface area contributed by atoms with Gasteiger partial charge in [-0.05, 0) is 37.7 Å². The van der Waals surface area contributed by atoms with E-state index in [4.69, 9.17) is 0 Å². The van der Waals surface area contributed by atoms with E-state index in [0.29, 0.717) is 37.0 Å². The van der Waals surface area contributed by atoms with E-state index in [1.165, 1.54) is 12.3 Å². The van der Waals surface area contributed by atoms with Crippen LogP contribution in [0.1, 0.15) is 42.5 Å². The first-order chi connectivity index (χ1) is 11.1. The highest BCUT2D eigenvalue weighted by molar-refractivity contribution is 5.94. The fraction of sp³-hybridized carbons (Fsp3) is 0.588. The maximum atomic E-state index is 13.3. The van der Waals surface area contributed by atoms with Gasteiger partial charge in [0.2, 0.25) is 5.91 Å². The van der Waals surface area contributed by atoms with Crippen LogP contribution in [-0.2, 0) is 4.79 Å². The molecule has 0 aromatic carbocycles. The van der Waals surface area contributed by atoms with Crippen molar-refractivity contribution in [3.8, 4) is 0 Å². The molecule has 2 aliphatic heterocycles. The lowest BCUT2D eigenvalue weighted by Crippen LogP contribution is -2.57. The van der Waals surface area contributed by atoms with Gasteiger partial charge in [-0.3, -0.25) is 14.6 Å². The zero-order valence-electron chi connectivity index (χ0n) is 12.9. The second-order valence-corrected chi connectivity index (χ2v) is 6.83. The van der Waals surface area contributed by atoms with Gasteiger partial charge in [-0.15, -0.1) is 0 Å². The molecule has 2 atom stereocenters. The number of hydrogen-bond donors (Lipinski definition) is 0. The predicted molar refractivity (Wildman–Crippen MR) is 81.1 cm³/mol. The molecule has 3 fully saturated rings. The van der Waals surface area contributed by atoms with Crippen molar-refractivity contribution in [2.45, 2.75) is 44.2 Å². The number of halogens is 1. The van der Waals surface area contributed by atoms with Gasteiger partial charge >= 0.3 is 0 Å². The molecular formula is C17H20FN3O2. The molecule has 1 aliphatic carbocycles. The van der Waals surface area contributed by atoms with Crippen molar-refractivity contribution in [3.63, 3.8) is 0 Å². The smallest absolute Gasteiger partial charge is 0.255 e. The molecule has 3 heterocycles. The van der Waals surface area contributed by atoms with E-state index in [-0.39, 0.29) is 17.9 Å². The van der Waals surface area contributed by atoms with Crippen molar-refractivity contribution >= 4 is 11.8 Å². The zero-order valence-corrected chi connectivity index (χ0v) is 12.9. The van der Waals surface area contributed by atoms with Gasteiger partial charge in [-0.25, -0.2) is 4.39 Å². The van der Waals surface area contributed by atoms with E-state index in [0.717, 1.165) is 31.9 Å². The predicted octanol–water partition coefficient (Wildman–Crippen LogP) is 1.84. The Morgan fingerprint density at radius 2 is 2.04 bits per heavy atom. The summed E-state index contributed by atoms with van der Waals surface area (Å²) in [7, 11) is 0. The van der Waals surface area contributed by atoms with Crippen molar-refractivity contribution in [3.05, 3.63) is 29.8 Å². The molecule has 23 heavy (non-hydrogen) atoms. The Morgan fingerprint density at radius 1 is 1.22 bits per heavy atom. The Labute approximate surface area is 134 Å². The van der Waals surface area contributed by atoms with E-state index in [1.807, 2.05) is 0 Å². The minimum atomic E-state index is -0.492. The molecule has 122 valence electrons. The Kier molecular flexibility index (Phi) is 3.54. The quantitative estimate of drug-likeness (QED) is 0.836. The lowest BCUT2D eigenvalue weighted by atomic mass is 9.83. The summed E-state index contributed by atoms with van der Waals surface area (Å²) < 4.78 is 13.3. The fourth-order valence-corrected chi connectivity index (χ4v) is 4.02. The van der Waals surface area contributed by atoms with Gasteiger partial charge in [0.15, 0.2) is 0 Å². The number of fused-ring (bicyclic) bond motifs is 1. The number of hydrogen-bond acceptors (Lipinski definition) is 3. The average molecular weight is 317 g/mol. The van der Waals surface area contributed by atoms with Crippen molar-refractivity contribution in [2.24, 2.45) is 5.92 Å². The summed E-state index contributed by atoms with van der Waals surface area (Å²) in [5, 5.41) is 0. The van der Waals surface area contributed by atoms with Gasteiger partial charge in [-0.2, -0.15) is 0 Å². The molecule has 0 radical (unpaired) electrons. The Balaban J connectivity index is 1.48. The van der Waals surface area contributed by atoms with Crippen molar-refractivity contribution in [2.75, 3.05) is 13.1 Å². The summed E-state index contributed by atoms with van der Waals surface area (Å²) in [5.41, 5.74) is 0.300. The van der Waals surface area contributed by atoms with Crippen LogP contribution >= 0.6 is 0 Å². The Bertz CT molecular complexity index is 646. The molecule has 3 aliphatic rings. The van der Waals surface area contributed by atoms with Crippen LogP contribution in [0.25, 0.3) is 0 Å². The normalized spacial score (nSPS) is 27.8. The third-order valence-electron chi connectivity index (χ3n) is 5.25. The molecule has 2 unspecified atom stereocenters. The summed E-state index contributed by atoms with van der Waals surface area (Å²) in [5.74, 6) is -0.0328. The van der Waals surface area contributed by atoms with Crippen LogP contribution < -0.4 is 0 Å². The molecule has 6 heteroatoms. The summed E-state index contributed by atoms with van der Waals surface area (Å²) in [4.78, 5) is 32.4. The highest BCUT2D eigenvalue weighted by Gasteiger charge is 2.45. The second-order valence-electron chi connectivity index (χ2n) is 6.83. The van der Waals surface area contributed by atoms with Gasteiger partial charge in [-0.1, -0.05) is 0 Å². The van der Waals surface area contributed by atoms with Gasteiger partial charge in [0.25, 0.3) is 5.91 Å². The van der Waals surface area contributed by atoms with E-state index < -0.39 is 5.82 Å². The van der Waals surface area contributed by atoms with Crippen LogP contribution in [0.4, 0.5) is 4.39 Å². The van der Waals surface area contributed by atoms with E-state index in [1.54, 1.807) is 4.90 Å². The highest BCUT2D eigenvalue weighted by Crippen LogP contribution is 2.39. The van der Waals surface area contributed by atoms with Crippen LogP contribution in [0.5, 0.6) is 0 Å². The van der Waals surface area contributed by atoms with Crippen molar-refractivity contribution in [1.29, 1.82) is 0 Å². The molecule has 1 aromatic heterocycles. The average Bonchev–Trinajstić information content (AvgIpc) is 3.38. The van der Waals surface area contributed by atoms with E-state index in [9.17, 15) is 14.0 Å². The number of aromatic nitrogens is 1. The second kappa shape index (κ2) is 5.58. The Morgan fingerprint density at radius 3 is 2.78 bits per heavy atom. The van der Waals surface area contributed by atoms with Crippen molar-refractivity contribution in [1.82, 2.24) is 14.8 Å². The largest absolute Gasteiger partial charge is 0.338 e. The number of carbonyl (C=O) groups excluding carboxylic acids is 2. The lowest BCUT2D eigenvalue weighted by molar-refractivity contribution is -0.141. The van der Waals surface area contributed by atoms with Gasteiger partial charge in [0.1, 0.15) is 5.82 Å². The standard InChI is InChI=1S/C17H20FN3O2/c18-13-7-12(8-19-9-13)17(23)20-6-5-15-11(10-20)1-4-16(22)21(15)14-2-3-14/h7-9,11,14-15H,1-6,10H2. The van der Waals surface area contributed by atoms with Crippen LogP contribution in [0.15, 0.2) is 18.5 Å². The molecule has 4 rings (SSSR count).